The van der Waals surface area contributed by atoms with Crippen molar-refractivity contribution in [1.82, 2.24) is 10.2 Å². The van der Waals surface area contributed by atoms with Crippen molar-refractivity contribution in [2.45, 2.75) is 12.5 Å². The molecule has 21 heavy (non-hydrogen) atoms. The number of rotatable bonds is 3. The second-order valence-corrected chi connectivity index (χ2v) is 5.52. The number of nitrogens with one attached hydrogen (secondary N) is 2. The van der Waals surface area contributed by atoms with Gasteiger partial charge in [-0.1, -0.05) is 6.07 Å². The molecule has 1 aliphatic rings. The van der Waals surface area contributed by atoms with Gasteiger partial charge in [-0.3, -0.25) is 4.79 Å². The number of nitrogens with zero attached hydrogens (tertiary/aromatic N) is 1. The molecule has 0 saturated carbocycles. The normalized spacial score (nSPS) is 17.7. The number of halogens is 1. The summed E-state index contributed by atoms with van der Waals surface area (Å²) < 4.78 is 0.451. The van der Waals surface area contributed by atoms with E-state index in [1.807, 2.05) is 0 Å². The van der Waals surface area contributed by atoms with E-state index in [1.165, 1.54) is 11.0 Å². The highest BCUT2D eigenvalue weighted by Gasteiger charge is 2.30. The van der Waals surface area contributed by atoms with Gasteiger partial charge in [0.15, 0.2) is 0 Å². The number of carbonyl (C=O) groups excluding carboxylic acids is 2. The lowest BCUT2D eigenvalue weighted by atomic mass is 10.2. The summed E-state index contributed by atoms with van der Waals surface area (Å²) >= 11 is 3.20. The quantitative estimate of drug-likeness (QED) is 0.764. The first-order chi connectivity index (χ1) is 9.90. The first-order valence-electron chi connectivity index (χ1n) is 6.24. The van der Waals surface area contributed by atoms with E-state index in [2.05, 4.69) is 26.6 Å². The number of likely N-dealkylation sites (N-methyl/N-ethyl adjacent to an activating group) is 1. The van der Waals surface area contributed by atoms with Gasteiger partial charge in [0.25, 0.3) is 0 Å². The molecule has 3 N–H and O–H groups in total. The predicted octanol–water partition coefficient (Wildman–Crippen LogP) is 1.50. The van der Waals surface area contributed by atoms with Crippen LogP contribution in [0, 0.1) is 0 Å². The molecule has 1 aromatic carbocycles. The average Bonchev–Trinajstić information content (AvgIpc) is 2.73. The van der Waals surface area contributed by atoms with Crippen LogP contribution in [0.5, 0.6) is 0 Å². The van der Waals surface area contributed by atoms with Crippen molar-refractivity contribution in [1.29, 1.82) is 0 Å². The van der Waals surface area contributed by atoms with Crippen LogP contribution in [0.2, 0.25) is 0 Å². The molecular weight excluding hydrogens is 342 g/mol. The van der Waals surface area contributed by atoms with E-state index < -0.39 is 18.0 Å². The Morgan fingerprint density at radius 2 is 2.14 bits per heavy atom. The molecule has 0 spiro atoms. The molecule has 1 aromatic rings. The van der Waals surface area contributed by atoms with Crippen molar-refractivity contribution in [2.75, 3.05) is 18.9 Å². The van der Waals surface area contributed by atoms with Gasteiger partial charge in [-0.05, 0) is 34.5 Å². The molecule has 1 atom stereocenters. The van der Waals surface area contributed by atoms with Crippen LogP contribution in [0.25, 0.3) is 0 Å². The van der Waals surface area contributed by atoms with Gasteiger partial charge < -0.3 is 20.6 Å². The third-order valence-electron chi connectivity index (χ3n) is 3.22. The lowest BCUT2D eigenvalue weighted by molar-refractivity contribution is -0.128. The van der Waals surface area contributed by atoms with Crippen molar-refractivity contribution in [3.05, 3.63) is 28.2 Å². The van der Waals surface area contributed by atoms with E-state index in [9.17, 15) is 14.4 Å². The SMILES string of the molecule is CN1CCC(NC(=O)Nc2c(Br)cccc2C(=O)O)C1=O. The second kappa shape index (κ2) is 6.13. The number of benzene rings is 1. The Kier molecular flexibility index (Phi) is 4.46. The third kappa shape index (κ3) is 3.33. The number of aromatic carboxylic acids is 1. The molecule has 0 aliphatic carbocycles. The maximum Gasteiger partial charge on any atom is 0.337 e. The van der Waals surface area contributed by atoms with Gasteiger partial charge >= 0.3 is 12.0 Å². The standard InChI is InChI=1S/C13H14BrN3O4/c1-17-6-5-9(11(17)18)15-13(21)16-10-7(12(19)20)3-2-4-8(10)14/h2-4,9H,5-6H2,1H3,(H,19,20)(H2,15,16,21). The zero-order valence-corrected chi connectivity index (χ0v) is 12.8. The molecule has 0 bridgehead atoms. The van der Waals surface area contributed by atoms with Gasteiger partial charge in [-0.25, -0.2) is 9.59 Å². The second-order valence-electron chi connectivity index (χ2n) is 4.67. The van der Waals surface area contributed by atoms with Crippen molar-refractivity contribution in [2.24, 2.45) is 0 Å². The highest BCUT2D eigenvalue weighted by Crippen LogP contribution is 2.26. The fraction of sp³-hybridized carbons (Fsp3) is 0.308. The van der Waals surface area contributed by atoms with Crippen molar-refractivity contribution >= 4 is 39.5 Å². The van der Waals surface area contributed by atoms with E-state index in [1.54, 1.807) is 19.2 Å². The van der Waals surface area contributed by atoms with E-state index in [0.29, 0.717) is 17.4 Å². The number of urea groups is 1. The minimum absolute atomic E-state index is 0.0330. The van der Waals surface area contributed by atoms with E-state index in [-0.39, 0.29) is 17.2 Å². The molecule has 8 heteroatoms. The number of para-hydroxylation sites is 1. The van der Waals surface area contributed by atoms with Gasteiger partial charge in [-0.15, -0.1) is 0 Å². The summed E-state index contributed by atoms with van der Waals surface area (Å²) in [5.74, 6) is -1.31. The lowest BCUT2D eigenvalue weighted by Gasteiger charge is -2.15. The molecule has 7 nitrogen and oxygen atoms in total. The molecule has 1 unspecified atom stereocenters. The largest absolute Gasteiger partial charge is 0.478 e. The number of hydrogen-bond donors (Lipinski definition) is 3. The fourth-order valence-corrected chi connectivity index (χ4v) is 2.56. The zero-order chi connectivity index (χ0) is 15.6. The monoisotopic (exact) mass is 355 g/mol. The van der Waals surface area contributed by atoms with Gasteiger partial charge in [0.1, 0.15) is 6.04 Å². The number of carboxylic acids is 1. The van der Waals surface area contributed by atoms with Crippen LogP contribution < -0.4 is 10.6 Å². The third-order valence-corrected chi connectivity index (χ3v) is 3.88. The molecule has 1 fully saturated rings. The summed E-state index contributed by atoms with van der Waals surface area (Å²) in [6.45, 7) is 0.583. The number of amides is 3. The maximum atomic E-state index is 11.9. The number of carbonyl (C=O) groups is 3. The summed E-state index contributed by atoms with van der Waals surface area (Å²) in [6.07, 6.45) is 0.532. The summed E-state index contributed by atoms with van der Waals surface area (Å²) in [6, 6.07) is 3.38. The molecule has 2 rings (SSSR count). The van der Waals surface area contributed by atoms with Gasteiger partial charge in [0.2, 0.25) is 5.91 Å². The van der Waals surface area contributed by atoms with Crippen LogP contribution in [0.3, 0.4) is 0 Å². The Balaban J connectivity index is 2.10. The molecular formula is C13H14BrN3O4. The number of likely N-dealkylation sites (tertiary alicyclic amines) is 1. The van der Waals surface area contributed by atoms with Crippen LogP contribution in [-0.4, -0.2) is 47.5 Å². The van der Waals surface area contributed by atoms with Crippen molar-refractivity contribution in [3.8, 4) is 0 Å². The van der Waals surface area contributed by atoms with Crippen molar-refractivity contribution in [3.63, 3.8) is 0 Å². The molecule has 0 aromatic heterocycles. The first kappa shape index (κ1) is 15.3. The Labute approximate surface area is 129 Å². The van der Waals surface area contributed by atoms with Crippen LogP contribution >= 0.6 is 15.9 Å². The summed E-state index contributed by atoms with van der Waals surface area (Å²) in [5.41, 5.74) is 0.121. The van der Waals surface area contributed by atoms with Crippen LogP contribution in [0.4, 0.5) is 10.5 Å². The Morgan fingerprint density at radius 1 is 1.43 bits per heavy atom. The van der Waals surface area contributed by atoms with Crippen LogP contribution in [-0.2, 0) is 4.79 Å². The minimum Gasteiger partial charge on any atom is -0.478 e. The van der Waals surface area contributed by atoms with E-state index in [4.69, 9.17) is 5.11 Å². The van der Waals surface area contributed by atoms with E-state index in [0.717, 1.165) is 0 Å². The first-order valence-corrected chi connectivity index (χ1v) is 7.03. The summed E-state index contributed by atoms with van der Waals surface area (Å²) in [5, 5.41) is 14.1. The fourth-order valence-electron chi connectivity index (χ4n) is 2.09. The zero-order valence-electron chi connectivity index (χ0n) is 11.2. The Hall–Kier alpha value is -2.09. The van der Waals surface area contributed by atoms with Gasteiger partial charge in [0, 0.05) is 18.1 Å². The minimum atomic E-state index is -1.15. The highest BCUT2D eigenvalue weighted by atomic mass is 79.9. The molecule has 1 saturated heterocycles. The van der Waals surface area contributed by atoms with Gasteiger partial charge in [0.05, 0.1) is 11.3 Å². The summed E-state index contributed by atoms with van der Waals surface area (Å²) in [7, 11) is 1.66. The maximum absolute atomic E-state index is 11.9. The van der Waals surface area contributed by atoms with Crippen LogP contribution in [0.15, 0.2) is 22.7 Å². The molecule has 3 amide bonds. The predicted molar refractivity (Wildman–Crippen MR) is 79.3 cm³/mol. The lowest BCUT2D eigenvalue weighted by Crippen LogP contribution is -2.42. The number of hydrogen-bond acceptors (Lipinski definition) is 3. The van der Waals surface area contributed by atoms with Gasteiger partial charge in [-0.2, -0.15) is 0 Å². The summed E-state index contributed by atoms with van der Waals surface area (Å²) in [4.78, 5) is 36.3. The van der Waals surface area contributed by atoms with E-state index >= 15 is 0 Å². The molecule has 112 valence electrons. The Bertz CT molecular complexity index is 605. The topological polar surface area (TPSA) is 98.7 Å². The smallest absolute Gasteiger partial charge is 0.337 e. The molecule has 1 aliphatic heterocycles. The number of carboxylic acid groups (broad SMARTS) is 1. The van der Waals surface area contributed by atoms with Crippen LogP contribution in [0.1, 0.15) is 16.8 Å². The Morgan fingerprint density at radius 3 is 2.71 bits per heavy atom. The number of anilines is 1. The van der Waals surface area contributed by atoms with Crippen molar-refractivity contribution < 1.29 is 19.5 Å². The highest BCUT2D eigenvalue weighted by molar-refractivity contribution is 9.10. The average molecular weight is 356 g/mol. The molecule has 0 radical (unpaired) electrons. The molecule has 1 heterocycles.